The maximum absolute atomic E-state index is 12.1. The van der Waals surface area contributed by atoms with Gasteiger partial charge in [0.15, 0.2) is 11.5 Å². The van der Waals surface area contributed by atoms with Crippen molar-refractivity contribution in [3.8, 4) is 11.5 Å². The van der Waals surface area contributed by atoms with E-state index >= 15 is 0 Å². The molecule has 1 fully saturated rings. The summed E-state index contributed by atoms with van der Waals surface area (Å²) in [6.45, 7) is 0.524. The molecule has 4 rings (SSSR count). The van der Waals surface area contributed by atoms with Gasteiger partial charge in [0.2, 0.25) is 0 Å². The van der Waals surface area contributed by atoms with E-state index in [1.54, 1.807) is 25.4 Å². The minimum Gasteiger partial charge on any atom is -0.493 e. The Morgan fingerprint density at radius 1 is 1.06 bits per heavy atom. The van der Waals surface area contributed by atoms with E-state index in [0.29, 0.717) is 23.6 Å². The van der Waals surface area contributed by atoms with Crippen LogP contribution in [0.4, 0.5) is 11.4 Å². The summed E-state index contributed by atoms with van der Waals surface area (Å²) in [5.41, 5.74) is 3.14. The van der Waals surface area contributed by atoms with Crippen molar-refractivity contribution in [2.75, 3.05) is 19.1 Å². The van der Waals surface area contributed by atoms with E-state index in [0.717, 1.165) is 36.2 Å². The largest absolute Gasteiger partial charge is 0.493 e. The average Bonchev–Trinajstić information content (AvgIpc) is 3.26. The van der Waals surface area contributed by atoms with Crippen LogP contribution in [0.25, 0.3) is 0 Å². The van der Waals surface area contributed by atoms with E-state index in [4.69, 9.17) is 14.2 Å². The first kappa shape index (κ1) is 22.6. The van der Waals surface area contributed by atoms with E-state index < -0.39 is 12.1 Å². The molecule has 1 saturated carbocycles. The average molecular weight is 449 g/mol. The molecule has 2 atom stereocenters. The number of hydrogen-bond acceptors (Lipinski definition) is 7. The Bertz CT molecular complexity index is 1090. The zero-order valence-corrected chi connectivity index (χ0v) is 18.8. The highest BCUT2D eigenvalue weighted by molar-refractivity contribution is 5.90. The van der Waals surface area contributed by atoms with E-state index in [9.17, 15) is 9.90 Å². The molecular weight excluding hydrogens is 420 g/mol. The number of nitrogens with zero attached hydrogens (tertiary/aromatic N) is 2. The van der Waals surface area contributed by atoms with Gasteiger partial charge in [0.05, 0.1) is 25.9 Å². The number of anilines is 2. The standard InChI is InChI=1S/C26H28N2O5/c1-31-24-12-11-21(15-25(24)33-23-10-4-9-22(23)29)28(17-18-6-5-13-27-16-18)20-8-3-7-19(14-20)26(30)32-2/h3,5-8,11-16,22-23,29H,4,9-10,17H2,1-2H3. The van der Waals surface area contributed by atoms with Crippen molar-refractivity contribution in [1.29, 1.82) is 0 Å². The third-order valence-corrected chi connectivity index (χ3v) is 5.80. The number of rotatable bonds is 8. The molecule has 1 heterocycles. The predicted octanol–water partition coefficient (Wildman–Crippen LogP) is 4.51. The number of aliphatic hydroxyl groups is 1. The SMILES string of the molecule is COC(=O)c1cccc(N(Cc2cccnc2)c2ccc(OC)c(OC3CCCC3O)c2)c1. The summed E-state index contributed by atoms with van der Waals surface area (Å²) in [6.07, 6.45) is 5.27. The van der Waals surface area contributed by atoms with Crippen LogP contribution in [0.3, 0.4) is 0 Å². The quantitative estimate of drug-likeness (QED) is 0.508. The summed E-state index contributed by atoms with van der Waals surface area (Å²) < 4.78 is 16.6. The Kier molecular flexibility index (Phi) is 7.10. The number of aliphatic hydroxyl groups excluding tert-OH is 1. The van der Waals surface area contributed by atoms with E-state index in [1.165, 1.54) is 7.11 Å². The number of aromatic nitrogens is 1. The van der Waals surface area contributed by atoms with Crippen LogP contribution in [0.2, 0.25) is 0 Å². The minimum atomic E-state index is -0.485. The van der Waals surface area contributed by atoms with Gasteiger partial charge in [0, 0.05) is 36.4 Å². The fourth-order valence-electron chi connectivity index (χ4n) is 4.06. The summed E-state index contributed by atoms with van der Waals surface area (Å²) in [7, 11) is 2.97. The van der Waals surface area contributed by atoms with Crippen LogP contribution in [0, 0.1) is 0 Å². The number of carbonyl (C=O) groups is 1. The van der Waals surface area contributed by atoms with Crippen molar-refractivity contribution in [3.05, 3.63) is 78.1 Å². The second-order valence-electron chi connectivity index (χ2n) is 7.98. The molecule has 2 unspecified atom stereocenters. The molecule has 1 aliphatic rings. The summed E-state index contributed by atoms with van der Waals surface area (Å²) in [5, 5.41) is 10.2. The lowest BCUT2D eigenvalue weighted by molar-refractivity contribution is 0.0586. The first-order valence-corrected chi connectivity index (χ1v) is 11.0. The Labute approximate surface area is 193 Å². The number of methoxy groups -OCH3 is 2. The molecule has 7 heteroatoms. The van der Waals surface area contributed by atoms with Gasteiger partial charge in [-0.15, -0.1) is 0 Å². The van der Waals surface area contributed by atoms with Crippen LogP contribution in [-0.2, 0) is 11.3 Å². The molecule has 1 aliphatic carbocycles. The van der Waals surface area contributed by atoms with E-state index in [1.807, 2.05) is 48.7 Å². The van der Waals surface area contributed by atoms with Crippen LogP contribution in [0.15, 0.2) is 67.0 Å². The highest BCUT2D eigenvalue weighted by atomic mass is 16.5. The Morgan fingerprint density at radius 3 is 2.61 bits per heavy atom. The van der Waals surface area contributed by atoms with Gasteiger partial charge in [-0.2, -0.15) is 0 Å². The zero-order valence-electron chi connectivity index (χ0n) is 18.8. The monoisotopic (exact) mass is 448 g/mol. The molecule has 2 aromatic carbocycles. The topological polar surface area (TPSA) is 81.1 Å². The fraction of sp³-hybridized carbons (Fsp3) is 0.308. The van der Waals surface area contributed by atoms with Crippen molar-refractivity contribution >= 4 is 17.3 Å². The number of pyridine rings is 1. The number of ether oxygens (including phenoxy) is 3. The molecule has 7 nitrogen and oxygen atoms in total. The lowest BCUT2D eigenvalue weighted by atomic mass is 10.1. The molecule has 172 valence electrons. The normalized spacial score (nSPS) is 17.4. The van der Waals surface area contributed by atoms with Crippen molar-refractivity contribution in [2.45, 2.75) is 38.0 Å². The predicted molar refractivity (Wildman–Crippen MR) is 125 cm³/mol. The highest BCUT2D eigenvalue weighted by Gasteiger charge is 2.28. The number of carbonyl (C=O) groups excluding carboxylic acids is 1. The lowest BCUT2D eigenvalue weighted by Gasteiger charge is -2.27. The second-order valence-corrected chi connectivity index (χ2v) is 7.98. The van der Waals surface area contributed by atoms with Gasteiger partial charge in [-0.05, 0) is 61.2 Å². The van der Waals surface area contributed by atoms with Crippen LogP contribution >= 0.6 is 0 Å². The summed E-state index contributed by atoms with van der Waals surface area (Å²) in [5.74, 6) is 0.774. The molecule has 33 heavy (non-hydrogen) atoms. The zero-order chi connectivity index (χ0) is 23.2. The number of benzene rings is 2. The first-order chi connectivity index (χ1) is 16.1. The molecule has 0 bridgehead atoms. The fourth-order valence-corrected chi connectivity index (χ4v) is 4.06. The van der Waals surface area contributed by atoms with Gasteiger partial charge in [-0.3, -0.25) is 4.98 Å². The van der Waals surface area contributed by atoms with Crippen LogP contribution in [0.1, 0.15) is 35.2 Å². The lowest BCUT2D eigenvalue weighted by Crippen LogP contribution is -2.26. The van der Waals surface area contributed by atoms with Gasteiger partial charge >= 0.3 is 5.97 Å². The molecule has 0 aliphatic heterocycles. The third kappa shape index (κ3) is 5.26. The van der Waals surface area contributed by atoms with Crippen molar-refractivity contribution < 1.29 is 24.1 Å². The van der Waals surface area contributed by atoms with Gasteiger partial charge in [-0.1, -0.05) is 12.1 Å². The summed E-state index contributed by atoms with van der Waals surface area (Å²) >= 11 is 0. The number of hydrogen-bond donors (Lipinski definition) is 1. The van der Waals surface area contributed by atoms with Crippen molar-refractivity contribution in [1.82, 2.24) is 4.98 Å². The molecule has 0 radical (unpaired) electrons. The smallest absolute Gasteiger partial charge is 0.337 e. The Morgan fingerprint density at radius 2 is 1.91 bits per heavy atom. The van der Waals surface area contributed by atoms with E-state index in [2.05, 4.69) is 9.88 Å². The highest BCUT2D eigenvalue weighted by Crippen LogP contribution is 2.38. The Hall–Kier alpha value is -3.58. The molecule has 0 spiro atoms. The van der Waals surface area contributed by atoms with Crippen LogP contribution in [0.5, 0.6) is 11.5 Å². The van der Waals surface area contributed by atoms with Crippen molar-refractivity contribution in [3.63, 3.8) is 0 Å². The van der Waals surface area contributed by atoms with E-state index in [-0.39, 0.29) is 6.10 Å². The van der Waals surface area contributed by atoms with Gasteiger partial charge in [-0.25, -0.2) is 4.79 Å². The minimum absolute atomic E-state index is 0.261. The van der Waals surface area contributed by atoms with Crippen molar-refractivity contribution in [2.24, 2.45) is 0 Å². The molecular formula is C26H28N2O5. The first-order valence-electron chi connectivity index (χ1n) is 11.0. The van der Waals surface area contributed by atoms with Gasteiger partial charge < -0.3 is 24.2 Å². The second kappa shape index (κ2) is 10.4. The molecule has 0 saturated heterocycles. The number of esters is 1. The Balaban J connectivity index is 1.73. The summed E-state index contributed by atoms with van der Waals surface area (Å²) in [4.78, 5) is 18.4. The third-order valence-electron chi connectivity index (χ3n) is 5.80. The molecule has 3 aromatic rings. The maximum Gasteiger partial charge on any atom is 0.337 e. The van der Waals surface area contributed by atoms with Crippen LogP contribution < -0.4 is 14.4 Å². The molecule has 0 amide bonds. The van der Waals surface area contributed by atoms with Crippen LogP contribution in [-0.4, -0.2) is 42.5 Å². The maximum atomic E-state index is 12.1. The molecule has 1 aromatic heterocycles. The van der Waals surface area contributed by atoms with Gasteiger partial charge in [0.25, 0.3) is 0 Å². The summed E-state index contributed by atoms with van der Waals surface area (Å²) in [6, 6.07) is 16.9. The molecule has 1 N–H and O–H groups in total. The van der Waals surface area contributed by atoms with Gasteiger partial charge in [0.1, 0.15) is 6.10 Å².